The molecule has 0 spiro atoms. The SMILES string of the molecule is CC(C)(C)OC(=O)NC(C=O)Cc1ccc([N+](=O)[O-])cc1. The van der Waals surface area contributed by atoms with Crippen molar-refractivity contribution in [1.82, 2.24) is 5.32 Å². The zero-order valence-corrected chi connectivity index (χ0v) is 12.2. The van der Waals surface area contributed by atoms with Crippen LogP contribution in [0, 0.1) is 10.1 Å². The fourth-order valence-corrected chi connectivity index (χ4v) is 1.60. The molecule has 21 heavy (non-hydrogen) atoms. The largest absolute Gasteiger partial charge is 0.444 e. The summed E-state index contributed by atoms with van der Waals surface area (Å²) in [7, 11) is 0. The summed E-state index contributed by atoms with van der Waals surface area (Å²) in [4.78, 5) is 32.6. The van der Waals surface area contributed by atoms with Gasteiger partial charge in [0.15, 0.2) is 0 Å². The van der Waals surface area contributed by atoms with Gasteiger partial charge in [0, 0.05) is 12.1 Å². The normalized spacial score (nSPS) is 12.3. The number of hydrogen-bond donors (Lipinski definition) is 1. The van der Waals surface area contributed by atoms with Gasteiger partial charge in [0.1, 0.15) is 11.9 Å². The predicted molar refractivity (Wildman–Crippen MR) is 76.0 cm³/mol. The highest BCUT2D eigenvalue weighted by atomic mass is 16.6. The van der Waals surface area contributed by atoms with Crippen LogP contribution in [0.5, 0.6) is 0 Å². The molecule has 1 amide bonds. The van der Waals surface area contributed by atoms with Crippen LogP contribution in [-0.4, -0.2) is 28.9 Å². The van der Waals surface area contributed by atoms with Crippen LogP contribution < -0.4 is 5.32 Å². The smallest absolute Gasteiger partial charge is 0.408 e. The molecule has 1 aromatic rings. The molecule has 7 nitrogen and oxygen atoms in total. The van der Waals surface area contributed by atoms with Gasteiger partial charge in [-0.05, 0) is 32.8 Å². The third-order valence-electron chi connectivity index (χ3n) is 2.47. The number of nitro groups is 1. The molecule has 1 aromatic carbocycles. The topological polar surface area (TPSA) is 98.5 Å². The second-order valence-electron chi connectivity index (χ2n) is 5.52. The number of amides is 1. The van der Waals surface area contributed by atoms with Gasteiger partial charge < -0.3 is 14.8 Å². The highest BCUT2D eigenvalue weighted by Gasteiger charge is 2.19. The predicted octanol–water partition coefficient (Wildman–Crippen LogP) is 2.23. The van der Waals surface area contributed by atoms with E-state index in [2.05, 4.69) is 5.32 Å². The number of carbonyl (C=O) groups is 2. The van der Waals surface area contributed by atoms with Crippen LogP contribution in [0.4, 0.5) is 10.5 Å². The minimum Gasteiger partial charge on any atom is -0.444 e. The van der Waals surface area contributed by atoms with Crippen LogP contribution in [0.15, 0.2) is 24.3 Å². The maximum atomic E-state index is 11.6. The average molecular weight is 294 g/mol. The molecule has 0 saturated carbocycles. The van der Waals surface area contributed by atoms with Crippen molar-refractivity contribution in [2.75, 3.05) is 0 Å². The lowest BCUT2D eigenvalue weighted by atomic mass is 10.1. The summed E-state index contributed by atoms with van der Waals surface area (Å²) < 4.78 is 5.06. The quantitative estimate of drug-likeness (QED) is 0.510. The third-order valence-corrected chi connectivity index (χ3v) is 2.47. The van der Waals surface area contributed by atoms with Crippen LogP contribution in [0.3, 0.4) is 0 Å². The Morgan fingerprint density at radius 2 is 1.95 bits per heavy atom. The zero-order valence-electron chi connectivity index (χ0n) is 12.2. The van der Waals surface area contributed by atoms with Crippen molar-refractivity contribution in [1.29, 1.82) is 0 Å². The number of carbonyl (C=O) groups excluding carboxylic acids is 2. The first-order chi connectivity index (χ1) is 9.71. The number of non-ortho nitro benzene ring substituents is 1. The van der Waals surface area contributed by atoms with E-state index in [4.69, 9.17) is 4.74 Å². The first-order valence-corrected chi connectivity index (χ1v) is 6.39. The van der Waals surface area contributed by atoms with Crippen molar-refractivity contribution in [3.8, 4) is 0 Å². The van der Waals surface area contributed by atoms with Gasteiger partial charge >= 0.3 is 6.09 Å². The van der Waals surface area contributed by atoms with Gasteiger partial charge in [0.2, 0.25) is 0 Å². The molecule has 0 saturated heterocycles. The van der Waals surface area contributed by atoms with Crippen molar-refractivity contribution < 1.29 is 19.2 Å². The monoisotopic (exact) mass is 294 g/mol. The maximum absolute atomic E-state index is 11.6. The summed E-state index contributed by atoms with van der Waals surface area (Å²) in [6.07, 6.45) is 0.160. The second kappa shape index (κ2) is 6.83. The summed E-state index contributed by atoms with van der Waals surface area (Å²) >= 11 is 0. The standard InChI is InChI=1S/C14H18N2O5/c1-14(2,3)21-13(18)15-11(9-17)8-10-4-6-12(7-5-10)16(19)20/h4-7,9,11H,8H2,1-3H3,(H,15,18). The number of nitro benzene ring substituents is 1. The van der Waals surface area contributed by atoms with Crippen molar-refractivity contribution in [2.24, 2.45) is 0 Å². The van der Waals surface area contributed by atoms with Gasteiger partial charge in [0.25, 0.3) is 5.69 Å². The minimum atomic E-state index is -0.749. The van der Waals surface area contributed by atoms with E-state index < -0.39 is 22.7 Å². The van der Waals surface area contributed by atoms with Crippen molar-refractivity contribution >= 4 is 18.1 Å². The van der Waals surface area contributed by atoms with Crippen LogP contribution in [-0.2, 0) is 16.0 Å². The number of hydrogen-bond acceptors (Lipinski definition) is 5. The second-order valence-corrected chi connectivity index (χ2v) is 5.52. The molecular formula is C14H18N2O5. The number of rotatable bonds is 5. The number of aldehydes is 1. The van der Waals surface area contributed by atoms with Crippen molar-refractivity contribution in [3.05, 3.63) is 39.9 Å². The van der Waals surface area contributed by atoms with Crippen molar-refractivity contribution in [2.45, 2.75) is 38.8 Å². The summed E-state index contributed by atoms with van der Waals surface area (Å²) in [5, 5.41) is 13.0. The van der Waals surface area contributed by atoms with E-state index in [0.29, 0.717) is 11.8 Å². The zero-order chi connectivity index (χ0) is 16.0. The van der Waals surface area contributed by atoms with Gasteiger partial charge in [0.05, 0.1) is 11.0 Å². The molecule has 1 unspecified atom stereocenters. The molecular weight excluding hydrogens is 276 g/mol. The maximum Gasteiger partial charge on any atom is 0.408 e. The number of benzene rings is 1. The average Bonchev–Trinajstić information content (AvgIpc) is 2.36. The number of ether oxygens (including phenoxy) is 1. The fourth-order valence-electron chi connectivity index (χ4n) is 1.60. The Morgan fingerprint density at radius 1 is 1.38 bits per heavy atom. The molecule has 1 N–H and O–H groups in total. The van der Waals surface area contributed by atoms with Crippen LogP contribution in [0.2, 0.25) is 0 Å². The Labute approximate surface area is 122 Å². The number of nitrogens with zero attached hydrogens (tertiary/aromatic N) is 1. The summed E-state index contributed by atoms with van der Waals surface area (Å²) in [6.45, 7) is 5.16. The summed E-state index contributed by atoms with van der Waals surface area (Å²) in [5.41, 5.74) is 0.0282. The molecule has 0 aromatic heterocycles. The Hall–Kier alpha value is -2.44. The molecule has 7 heteroatoms. The fraction of sp³-hybridized carbons (Fsp3) is 0.429. The molecule has 0 aliphatic rings. The van der Waals surface area contributed by atoms with Crippen LogP contribution in [0.25, 0.3) is 0 Å². The van der Waals surface area contributed by atoms with Gasteiger partial charge in [-0.15, -0.1) is 0 Å². The molecule has 114 valence electrons. The van der Waals surface area contributed by atoms with E-state index in [1.807, 2.05) is 0 Å². The summed E-state index contributed by atoms with van der Waals surface area (Å²) in [6, 6.07) is 5.05. The lowest BCUT2D eigenvalue weighted by Gasteiger charge is -2.21. The molecule has 0 bridgehead atoms. The van der Waals surface area contributed by atoms with Crippen LogP contribution in [0.1, 0.15) is 26.3 Å². The van der Waals surface area contributed by atoms with E-state index in [9.17, 15) is 19.7 Å². The van der Waals surface area contributed by atoms with E-state index in [-0.39, 0.29) is 12.1 Å². The number of nitrogens with one attached hydrogen (secondary N) is 1. The third kappa shape index (κ3) is 6.03. The Bertz CT molecular complexity index is 519. The molecule has 0 fully saturated rings. The molecule has 0 heterocycles. The van der Waals surface area contributed by atoms with E-state index in [0.717, 1.165) is 0 Å². The minimum absolute atomic E-state index is 0.0264. The van der Waals surface area contributed by atoms with Gasteiger partial charge in [-0.25, -0.2) is 4.79 Å². The van der Waals surface area contributed by atoms with Gasteiger partial charge in [-0.3, -0.25) is 10.1 Å². The van der Waals surface area contributed by atoms with E-state index in [1.165, 1.54) is 12.1 Å². The van der Waals surface area contributed by atoms with E-state index >= 15 is 0 Å². The Morgan fingerprint density at radius 3 is 2.38 bits per heavy atom. The Balaban J connectivity index is 2.63. The van der Waals surface area contributed by atoms with Gasteiger partial charge in [-0.2, -0.15) is 0 Å². The first-order valence-electron chi connectivity index (χ1n) is 6.39. The highest BCUT2D eigenvalue weighted by Crippen LogP contribution is 2.13. The number of alkyl carbamates (subject to hydrolysis) is 1. The van der Waals surface area contributed by atoms with Crippen molar-refractivity contribution in [3.63, 3.8) is 0 Å². The molecule has 0 aliphatic heterocycles. The summed E-state index contributed by atoms with van der Waals surface area (Å²) in [5.74, 6) is 0. The van der Waals surface area contributed by atoms with Gasteiger partial charge in [-0.1, -0.05) is 12.1 Å². The Kier molecular flexibility index (Phi) is 5.40. The molecule has 1 rings (SSSR count). The lowest BCUT2D eigenvalue weighted by Crippen LogP contribution is -2.41. The molecule has 0 aliphatic carbocycles. The molecule has 1 atom stereocenters. The molecule has 0 radical (unpaired) electrons. The first kappa shape index (κ1) is 16.6. The highest BCUT2D eigenvalue weighted by molar-refractivity contribution is 5.73. The van der Waals surface area contributed by atoms with E-state index in [1.54, 1.807) is 32.9 Å². The lowest BCUT2D eigenvalue weighted by molar-refractivity contribution is -0.384. The van der Waals surface area contributed by atoms with Crippen LogP contribution >= 0.6 is 0 Å².